The van der Waals surface area contributed by atoms with Crippen molar-refractivity contribution in [3.8, 4) is 0 Å². The maximum absolute atomic E-state index is 12.0. The third-order valence-electron chi connectivity index (χ3n) is 2.32. The number of hydrogen-bond donors (Lipinski definition) is 2. The van der Waals surface area contributed by atoms with Gasteiger partial charge in [0.2, 0.25) is 0 Å². The summed E-state index contributed by atoms with van der Waals surface area (Å²) in [6, 6.07) is 3.19. The maximum Gasteiger partial charge on any atom is 0.471 e. The summed E-state index contributed by atoms with van der Waals surface area (Å²) in [5.74, 6) is -4.58. The van der Waals surface area contributed by atoms with Gasteiger partial charge >= 0.3 is 18.1 Å². The second kappa shape index (κ2) is 6.17. The van der Waals surface area contributed by atoms with Crippen LogP contribution in [0.4, 0.5) is 13.2 Å². The molecular weight excluding hydrogens is 265 g/mol. The molecule has 1 atom stereocenters. The Morgan fingerprint density at radius 3 is 2.58 bits per heavy atom. The predicted octanol–water partition coefficient (Wildman–Crippen LogP) is 1.00. The van der Waals surface area contributed by atoms with Crippen LogP contribution in [0.1, 0.15) is 5.56 Å². The van der Waals surface area contributed by atoms with E-state index in [9.17, 15) is 22.8 Å². The number of aliphatic carboxylic acids is 1. The van der Waals surface area contributed by atoms with Gasteiger partial charge in [0.15, 0.2) is 0 Å². The number of rotatable bonds is 5. The molecule has 0 spiro atoms. The summed E-state index contributed by atoms with van der Waals surface area (Å²) in [7, 11) is 0. The number of carbonyl (C=O) groups is 2. The van der Waals surface area contributed by atoms with Crippen molar-refractivity contribution in [2.45, 2.75) is 12.6 Å². The molecule has 5 nitrogen and oxygen atoms in total. The maximum atomic E-state index is 12.0. The van der Waals surface area contributed by atoms with Gasteiger partial charge in [-0.2, -0.15) is 13.2 Å². The Morgan fingerprint density at radius 1 is 1.42 bits per heavy atom. The third kappa shape index (κ3) is 4.94. The van der Waals surface area contributed by atoms with Gasteiger partial charge < -0.3 is 10.4 Å². The number of alkyl halides is 3. The van der Waals surface area contributed by atoms with E-state index in [-0.39, 0.29) is 6.42 Å². The van der Waals surface area contributed by atoms with Crippen LogP contribution in [0.2, 0.25) is 0 Å². The number of carboxylic acids is 1. The fraction of sp³-hybridized carbons (Fsp3) is 0.364. The largest absolute Gasteiger partial charge is 0.481 e. The second-order valence-electron chi connectivity index (χ2n) is 3.81. The monoisotopic (exact) mass is 276 g/mol. The van der Waals surface area contributed by atoms with Crippen molar-refractivity contribution in [2.75, 3.05) is 6.54 Å². The first-order valence-electron chi connectivity index (χ1n) is 5.27. The number of halogens is 3. The van der Waals surface area contributed by atoms with Gasteiger partial charge in [-0.25, -0.2) is 0 Å². The van der Waals surface area contributed by atoms with Gasteiger partial charge in [0.25, 0.3) is 0 Å². The summed E-state index contributed by atoms with van der Waals surface area (Å²) in [6.07, 6.45) is -2.12. The SMILES string of the molecule is O=C(O)C(CNC(=O)C(F)(F)F)Cc1cccnc1. The number of nitrogens with zero attached hydrogens (tertiary/aromatic N) is 1. The first kappa shape index (κ1) is 14.9. The Bertz CT molecular complexity index is 448. The van der Waals surface area contributed by atoms with Crippen LogP contribution in [0.25, 0.3) is 0 Å². The van der Waals surface area contributed by atoms with Crippen LogP contribution < -0.4 is 5.32 Å². The zero-order valence-electron chi connectivity index (χ0n) is 9.65. The number of amides is 1. The Balaban J connectivity index is 2.60. The minimum Gasteiger partial charge on any atom is -0.481 e. The van der Waals surface area contributed by atoms with Crippen LogP contribution in [-0.4, -0.2) is 34.7 Å². The van der Waals surface area contributed by atoms with E-state index < -0.39 is 30.5 Å². The number of hydrogen-bond acceptors (Lipinski definition) is 3. The van der Waals surface area contributed by atoms with Crippen molar-refractivity contribution >= 4 is 11.9 Å². The Kier molecular flexibility index (Phi) is 4.85. The van der Waals surface area contributed by atoms with Crippen LogP contribution >= 0.6 is 0 Å². The van der Waals surface area contributed by atoms with E-state index in [0.29, 0.717) is 5.56 Å². The highest BCUT2D eigenvalue weighted by Gasteiger charge is 2.39. The molecule has 1 aromatic heterocycles. The van der Waals surface area contributed by atoms with Crippen LogP contribution in [0.5, 0.6) is 0 Å². The van der Waals surface area contributed by atoms with Crippen molar-refractivity contribution < 1.29 is 27.9 Å². The lowest BCUT2D eigenvalue weighted by molar-refractivity contribution is -0.174. The van der Waals surface area contributed by atoms with Crippen LogP contribution in [0, 0.1) is 5.92 Å². The smallest absolute Gasteiger partial charge is 0.471 e. The standard InChI is InChI=1S/C11H11F3N2O3/c12-11(13,14)10(19)16-6-8(9(17)18)4-7-2-1-3-15-5-7/h1-3,5,8H,4,6H2,(H,16,19)(H,17,18). The van der Waals surface area contributed by atoms with Gasteiger partial charge in [-0.05, 0) is 18.1 Å². The average Bonchev–Trinajstić information content (AvgIpc) is 2.33. The summed E-state index contributed by atoms with van der Waals surface area (Å²) in [6.45, 7) is -0.595. The van der Waals surface area contributed by atoms with Gasteiger partial charge in [0.05, 0.1) is 5.92 Å². The third-order valence-corrected chi connectivity index (χ3v) is 2.32. The molecule has 104 valence electrons. The molecule has 1 rings (SSSR count). The van der Waals surface area contributed by atoms with Crippen molar-refractivity contribution in [1.82, 2.24) is 10.3 Å². The van der Waals surface area contributed by atoms with E-state index in [0.717, 1.165) is 0 Å². The van der Waals surface area contributed by atoms with Gasteiger partial charge in [0, 0.05) is 18.9 Å². The molecule has 19 heavy (non-hydrogen) atoms. The van der Waals surface area contributed by atoms with Gasteiger partial charge in [-0.15, -0.1) is 0 Å². The summed E-state index contributed by atoms with van der Waals surface area (Å²) >= 11 is 0. The molecule has 0 aromatic carbocycles. The highest BCUT2D eigenvalue weighted by molar-refractivity contribution is 5.82. The number of aromatic nitrogens is 1. The molecule has 0 aliphatic heterocycles. The summed E-state index contributed by atoms with van der Waals surface area (Å²) in [5, 5.41) is 10.5. The van der Waals surface area contributed by atoms with Gasteiger partial charge in [-0.1, -0.05) is 6.07 Å². The molecule has 0 fully saturated rings. The van der Waals surface area contributed by atoms with E-state index in [1.165, 1.54) is 12.4 Å². The van der Waals surface area contributed by atoms with Crippen molar-refractivity contribution in [1.29, 1.82) is 0 Å². The molecule has 0 aliphatic rings. The number of carbonyl (C=O) groups excluding carboxylic acids is 1. The average molecular weight is 276 g/mol. The molecular formula is C11H11F3N2O3. The lowest BCUT2D eigenvalue weighted by Crippen LogP contribution is -2.41. The molecule has 1 heterocycles. The van der Waals surface area contributed by atoms with E-state index in [1.54, 1.807) is 17.4 Å². The van der Waals surface area contributed by atoms with Crippen LogP contribution in [0.3, 0.4) is 0 Å². The van der Waals surface area contributed by atoms with E-state index >= 15 is 0 Å². The number of pyridine rings is 1. The van der Waals surface area contributed by atoms with E-state index in [1.807, 2.05) is 0 Å². The van der Waals surface area contributed by atoms with Crippen LogP contribution in [0.15, 0.2) is 24.5 Å². The number of carboxylic acid groups (broad SMARTS) is 1. The predicted molar refractivity (Wildman–Crippen MR) is 58.1 cm³/mol. The molecule has 0 saturated heterocycles. The molecule has 0 radical (unpaired) electrons. The summed E-state index contributed by atoms with van der Waals surface area (Å²) < 4.78 is 35.9. The highest BCUT2D eigenvalue weighted by Crippen LogP contribution is 2.15. The van der Waals surface area contributed by atoms with Crippen molar-refractivity contribution in [3.63, 3.8) is 0 Å². The molecule has 0 aliphatic carbocycles. The molecule has 1 aromatic rings. The van der Waals surface area contributed by atoms with Gasteiger partial charge in [-0.3, -0.25) is 14.6 Å². The minimum atomic E-state index is -5.02. The highest BCUT2D eigenvalue weighted by atomic mass is 19.4. The second-order valence-corrected chi connectivity index (χ2v) is 3.81. The Hall–Kier alpha value is -2.12. The van der Waals surface area contributed by atoms with Gasteiger partial charge in [0.1, 0.15) is 0 Å². The topological polar surface area (TPSA) is 79.3 Å². The first-order chi connectivity index (χ1) is 8.80. The molecule has 0 saturated carbocycles. The van der Waals surface area contributed by atoms with Crippen molar-refractivity contribution in [3.05, 3.63) is 30.1 Å². The van der Waals surface area contributed by atoms with E-state index in [4.69, 9.17) is 5.11 Å². The van der Waals surface area contributed by atoms with Crippen LogP contribution in [-0.2, 0) is 16.0 Å². The van der Waals surface area contributed by atoms with Crippen molar-refractivity contribution in [2.24, 2.45) is 5.92 Å². The molecule has 8 heteroatoms. The summed E-state index contributed by atoms with van der Waals surface area (Å²) in [5.41, 5.74) is 0.566. The minimum absolute atomic E-state index is 0.0126. The quantitative estimate of drug-likeness (QED) is 0.841. The normalized spacial score (nSPS) is 12.8. The Morgan fingerprint density at radius 2 is 2.11 bits per heavy atom. The summed E-state index contributed by atoms with van der Waals surface area (Å²) in [4.78, 5) is 25.3. The zero-order chi connectivity index (χ0) is 14.5. The number of nitrogens with one attached hydrogen (secondary N) is 1. The van der Waals surface area contributed by atoms with E-state index in [2.05, 4.69) is 4.98 Å². The fourth-order valence-electron chi connectivity index (χ4n) is 1.37. The first-order valence-corrected chi connectivity index (χ1v) is 5.27. The molecule has 2 N–H and O–H groups in total. The fourth-order valence-corrected chi connectivity index (χ4v) is 1.37. The molecule has 0 bridgehead atoms. The molecule has 1 amide bonds. The lowest BCUT2D eigenvalue weighted by Gasteiger charge is -2.14. The zero-order valence-corrected chi connectivity index (χ0v) is 9.65. The lowest BCUT2D eigenvalue weighted by atomic mass is 10.0. The molecule has 1 unspecified atom stereocenters. The Labute approximate surface area is 106 Å².